The average Bonchev–Trinajstić information content (AvgIpc) is 2.27. The van der Waals surface area contributed by atoms with Gasteiger partial charge in [0.1, 0.15) is 0 Å². The molecule has 2 rings (SSSR count). The van der Waals surface area contributed by atoms with E-state index in [-0.39, 0.29) is 0 Å². The molecule has 0 aliphatic rings. The Morgan fingerprint density at radius 3 is 2.62 bits per heavy atom. The molecule has 5 heteroatoms. The van der Waals surface area contributed by atoms with Crippen LogP contribution in [0.2, 0.25) is 5.02 Å². The number of anilines is 1. The van der Waals surface area contributed by atoms with Crippen LogP contribution in [0, 0.1) is 6.92 Å². The van der Waals surface area contributed by atoms with Gasteiger partial charge in [-0.1, -0.05) is 11.6 Å². The van der Waals surface area contributed by atoms with Gasteiger partial charge in [0.2, 0.25) is 0 Å². The number of rotatable bonds is 2. The quantitative estimate of drug-likeness (QED) is 0.658. The molecule has 0 atom stereocenters. The zero-order valence-electron chi connectivity index (χ0n) is 8.64. The molecule has 0 saturated carbocycles. The average molecular weight is 252 g/mol. The van der Waals surface area contributed by atoms with Gasteiger partial charge in [-0.2, -0.15) is 0 Å². The van der Waals surface area contributed by atoms with Crippen LogP contribution in [0.5, 0.6) is 0 Å². The SMILES string of the molecule is Cc1cc(N)c(Cl)cc1Sc1ncccn1. The number of aryl methyl sites for hydroxylation is 1. The number of hydrogen-bond acceptors (Lipinski definition) is 4. The summed E-state index contributed by atoms with van der Waals surface area (Å²) in [6.07, 6.45) is 3.42. The standard InChI is InChI=1S/C11H10ClN3S/c1-7-5-9(13)8(12)6-10(7)16-11-14-3-2-4-15-11/h2-6H,13H2,1H3. The summed E-state index contributed by atoms with van der Waals surface area (Å²) in [6, 6.07) is 5.48. The molecule has 1 heterocycles. The molecule has 0 bridgehead atoms. The van der Waals surface area contributed by atoms with Crippen LogP contribution >= 0.6 is 23.4 Å². The van der Waals surface area contributed by atoms with Gasteiger partial charge in [0, 0.05) is 17.3 Å². The largest absolute Gasteiger partial charge is 0.398 e. The highest BCUT2D eigenvalue weighted by Gasteiger charge is 2.06. The molecule has 2 aromatic rings. The van der Waals surface area contributed by atoms with E-state index in [0.29, 0.717) is 15.9 Å². The van der Waals surface area contributed by atoms with Crippen molar-refractivity contribution in [3.05, 3.63) is 41.2 Å². The van der Waals surface area contributed by atoms with Gasteiger partial charge in [0.25, 0.3) is 0 Å². The molecule has 82 valence electrons. The number of aromatic nitrogens is 2. The van der Waals surface area contributed by atoms with Crippen LogP contribution in [-0.4, -0.2) is 9.97 Å². The Morgan fingerprint density at radius 1 is 1.25 bits per heavy atom. The lowest BCUT2D eigenvalue weighted by Crippen LogP contribution is -1.90. The van der Waals surface area contributed by atoms with E-state index in [4.69, 9.17) is 17.3 Å². The second-order valence-corrected chi connectivity index (χ2v) is 4.69. The smallest absolute Gasteiger partial charge is 0.192 e. The lowest BCUT2D eigenvalue weighted by atomic mass is 10.2. The summed E-state index contributed by atoms with van der Waals surface area (Å²) < 4.78 is 0. The fourth-order valence-electron chi connectivity index (χ4n) is 1.23. The lowest BCUT2D eigenvalue weighted by molar-refractivity contribution is 0.966. The van der Waals surface area contributed by atoms with Gasteiger partial charge in [-0.15, -0.1) is 0 Å². The van der Waals surface area contributed by atoms with E-state index >= 15 is 0 Å². The molecular formula is C11H10ClN3S. The van der Waals surface area contributed by atoms with Crippen molar-refractivity contribution in [3.8, 4) is 0 Å². The maximum Gasteiger partial charge on any atom is 0.192 e. The highest BCUT2D eigenvalue weighted by atomic mass is 35.5. The van der Waals surface area contributed by atoms with Crippen LogP contribution < -0.4 is 5.73 Å². The van der Waals surface area contributed by atoms with Gasteiger partial charge in [-0.3, -0.25) is 0 Å². The first-order chi connectivity index (χ1) is 7.66. The summed E-state index contributed by atoms with van der Waals surface area (Å²) in [7, 11) is 0. The third-order valence-corrected chi connectivity index (χ3v) is 3.42. The molecule has 0 spiro atoms. The first-order valence-electron chi connectivity index (χ1n) is 4.67. The second kappa shape index (κ2) is 4.72. The van der Waals surface area contributed by atoms with E-state index in [2.05, 4.69) is 9.97 Å². The summed E-state index contributed by atoms with van der Waals surface area (Å²) in [5.41, 5.74) is 7.37. The van der Waals surface area contributed by atoms with Gasteiger partial charge < -0.3 is 5.73 Å². The zero-order chi connectivity index (χ0) is 11.5. The van der Waals surface area contributed by atoms with Crippen molar-refractivity contribution in [2.45, 2.75) is 17.0 Å². The maximum absolute atomic E-state index is 5.97. The Balaban J connectivity index is 2.32. The molecule has 0 aliphatic carbocycles. The van der Waals surface area contributed by atoms with Crippen LogP contribution in [0.15, 0.2) is 40.6 Å². The Kier molecular flexibility index (Phi) is 3.31. The van der Waals surface area contributed by atoms with Crippen molar-refractivity contribution < 1.29 is 0 Å². The Labute approximate surface area is 103 Å². The monoisotopic (exact) mass is 251 g/mol. The third-order valence-electron chi connectivity index (χ3n) is 2.04. The van der Waals surface area contributed by atoms with Crippen LogP contribution in [0.1, 0.15) is 5.56 Å². The van der Waals surface area contributed by atoms with Gasteiger partial charge in [-0.05, 0) is 42.4 Å². The van der Waals surface area contributed by atoms with E-state index in [1.165, 1.54) is 11.8 Å². The molecule has 0 saturated heterocycles. The molecule has 2 N–H and O–H groups in total. The lowest BCUT2D eigenvalue weighted by Gasteiger charge is -2.06. The Bertz CT molecular complexity index is 502. The number of hydrogen-bond donors (Lipinski definition) is 1. The molecule has 0 fully saturated rings. The highest BCUT2D eigenvalue weighted by Crippen LogP contribution is 2.32. The number of halogens is 1. The third kappa shape index (κ3) is 2.46. The fourth-order valence-corrected chi connectivity index (χ4v) is 2.28. The summed E-state index contributed by atoms with van der Waals surface area (Å²) >= 11 is 7.45. The molecular weight excluding hydrogens is 242 g/mol. The topological polar surface area (TPSA) is 51.8 Å². The van der Waals surface area contributed by atoms with Gasteiger partial charge >= 0.3 is 0 Å². The van der Waals surface area contributed by atoms with Crippen molar-refractivity contribution in [2.75, 3.05) is 5.73 Å². The van der Waals surface area contributed by atoms with Gasteiger partial charge in [-0.25, -0.2) is 9.97 Å². The minimum Gasteiger partial charge on any atom is -0.398 e. The molecule has 1 aromatic carbocycles. The number of nitrogens with zero attached hydrogens (tertiary/aromatic N) is 2. The van der Waals surface area contributed by atoms with Crippen molar-refractivity contribution in [2.24, 2.45) is 0 Å². The molecule has 0 radical (unpaired) electrons. The second-order valence-electron chi connectivity index (χ2n) is 3.27. The first-order valence-corrected chi connectivity index (χ1v) is 5.87. The molecule has 0 aliphatic heterocycles. The van der Waals surface area contributed by atoms with Crippen molar-refractivity contribution in [1.29, 1.82) is 0 Å². The van der Waals surface area contributed by atoms with Crippen LogP contribution in [-0.2, 0) is 0 Å². The van der Waals surface area contributed by atoms with Gasteiger partial charge in [0.05, 0.1) is 10.7 Å². The Morgan fingerprint density at radius 2 is 1.94 bits per heavy atom. The Hall–Kier alpha value is -1.26. The molecule has 1 aromatic heterocycles. The summed E-state index contributed by atoms with van der Waals surface area (Å²) in [5.74, 6) is 0. The summed E-state index contributed by atoms with van der Waals surface area (Å²) in [4.78, 5) is 9.31. The molecule has 0 amide bonds. The van der Waals surface area contributed by atoms with E-state index in [0.717, 1.165) is 10.5 Å². The molecule has 16 heavy (non-hydrogen) atoms. The highest BCUT2D eigenvalue weighted by molar-refractivity contribution is 7.99. The maximum atomic E-state index is 5.97. The fraction of sp³-hybridized carbons (Fsp3) is 0.0909. The van der Waals surface area contributed by atoms with E-state index in [1.807, 2.05) is 19.1 Å². The van der Waals surface area contributed by atoms with Crippen LogP contribution in [0.4, 0.5) is 5.69 Å². The minimum atomic E-state index is 0.559. The predicted octanol–water partition coefficient (Wildman–Crippen LogP) is 3.17. The number of nitrogen functional groups attached to an aromatic ring is 1. The summed E-state index contributed by atoms with van der Waals surface area (Å²) in [6.45, 7) is 1.98. The molecule has 0 unspecified atom stereocenters. The predicted molar refractivity (Wildman–Crippen MR) is 66.8 cm³/mol. The van der Waals surface area contributed by atoms with Crippen molar-refractivity contribution in [3.63, 3.8) is 0 Å². The number of nitrogens with two attached hydrogens (primary N) is 1. The zero-order valence-corrected chi connectivity index (χ0v) is 10.2. The van der Waals surface area contributed by atoms with Crippen LogP contribution in [0.25, 0.3) is 0 Å². The van der Waals surface area contributed by atoms with E-state index in [1.54, 1.807) is 18.5 Å². The van der Waals surface area contributed by atoms with Crippen molar-refractivity contribution >= 4 is 29.1 Å². The van der Waals surface area contributed by atoms with Crippen LogP contribution in [0.3, 0.4) is 0 Å². The normalized spacial score (nSPS) is 10.4. The number of benzene rings is 1. The minimum absolute atomic E-state index is 0.559. The van der Waals surface area contributed by atoms with Gasteiger partial charge in [0.15, 0.2) is 5.16 Å². The van der Waals surface area contributed by atoms with E-state index < -0.39 is 0 Å². The van der Waals surface area contributed by atoms with E-state index in [9.17, 15) is 0 Å². The van der Waals surface area contributed by atoms with Crippen molar-refractivity contribution in [1.82, 2.24) is 9.97 Å². The molecule has 3 nitrogen and oxygen atoms in total. The summed E-state index contributed by atoms with van der Waals surface area (Å²) in [5, 5.41) is 1.26. The first kappa shape index (κ1) is 11.2.